The van der Waals surface area contributed by atoms with Gasteiger partial charge in [0.25, 0.3) is 0 Å². The molecule has 0 aromatic rings. The molecule has 0 aromatic heterocycles. The van der Waals surface area contributed by atoms with Gasteiger partial charge in [-0.2, -0.15) is 0 Å². The number of hydrogen-bond acceptors (Lipinski definition) is 18. The summed E-state index contributed by atoms with van der Waals surface area (Å²) >= 11 is 0. The maximum absolute atomic E-state index is 9.96. The quantitative estimate of drug-likeness (QED) is 0.113. The zero-order chi connectivity index (χ0) is 22.9. The van der Waals surface area contributed by atoms with E-state index in [1.807, 2.05) is 0 Å². The van der Waals surface area contributed by atoms with Gasteiger partial charge in [-0.05, 0) is 0 Å². The van der Waals surface area contributed by atoms with Crippen molar-refractivity contribution in [1.82, 2.24) is 0 Å². The number of rotatable bonds is 10. The van der Waals surface area contributed by atoms with Crippen LogP contribution in [0.15, 0.2) is 0 Å². The minimum Gasteiger partial charge on any atom is -0.870 e. The number of aliphatic carboxylic acids is 4. The van der Waals surface area contributed by atoms with Crippen LogP contribution < -0.4 is 20.4 Å². The number of carbonyl (C=O) groups excluding carboxylic acids is 4. The molecular weight excluding hydrogens is 552 g/mol. The first kappa shape index (κ1) is 51.0. The van der Waals surface area contributed by atoms with Crippen molar-refractivity contribution in [3.63, 3.8) is 0 Å². The number of aliphatic hydroxyl groups is 8. The Hall–Kier alpha value is 1.26. The van der Waals surface area contributed by atoms with E-state index in [0.717, 1.165) is 0 Å². The monoisotopic (exact) mass is 570 g/mol. The molecule has 0 amide bonds. The van der Waals surface area contributed by atoms with E-state index in [2.05, 4.69) is 0 Å². The molecule has 0 aliphatic rings. The van der Waals surface area contributed by atoms with Crippen LogP contribution in [0.1, 0.15) is 0 Å². The van der Waals surface area contributed by atoms with Crippen LogP contribution in [0.4, 0.5) is 0 Å². The first-order valence-corrected chi connectivity index (χ1v) is 6.85. The van der Waals surface area contributed by atoms with Gasteiger partial charge in [-0.25, -0.2) is 0 Å². The summed E-state index contributed by atoms with van der Waals surface area (Å²) in [6.45, 7) is 0. The molecule has 0 aliphatic carbocycles. The Balaban J connectivity index is -0.0000000712. The number of carbonyl (C=O) groups is 4. The zero-order valence-corrected chi connectivity index (χ0v) is 23.1. The van der Waals surface area contributed by atoms with Gasteiger partial charge < -0.3 is 91.4 Å². The molecule has 0 aromatic carbocycles. The fourth-order valence-electron chi connectivity index (χ4n) is 1.30. The van der Waals surface area contributed by atoms with E-state index in [-0.39, 0.29) is 124 Å². The smallest absolute Gasteiger partial charge is 0.870 e. The second kappa shape index (κ2) is 24.9. The van der Waals surface area contributed by atoms with Gasteiger partial charge in [-0.1, -0.05) is 0 Å². The molecule has 0 saturated heterocycles. The Kier molecular flexibility index (Phi) is 38.5. The van der Waals surface area contributed by atoms with Crippen molar-refractivity contribution in [3.8, 4) is 0 Å². The maximum atomic E-state index is 9.96. The second-order valence-electron chi connectivity index (χ2n) is 5.02. The Morgan fingerprint density at radius 3 is 0.545 bits per heavy atom. The topological polar surface area (TPSA) is 382 Å². The van der Waals surface area contributed by atoms with Gasteiger partial charge in [0.1, 0.15) is 48.8 Å². The third-order valence-corrected chi connectivity index (χ3v) is 2.96. The van der Waals surface area contributed by atoms with Crippen molar-refractivity contribution in [2.75, 3.05) is 0 Å². The van der Waals surface area contributed by atoms with Gasteiger partial charge in [0.15, 0.2) is 0 Å². The van der Waals surface area contributed by atoms with Crippen LogP contribution in [0.5, 0.6) is 0 Å². The number of hydrogen-bond donors (Lipinski definition) is 8. The SMILES string of the molecule is O=C([O-])[C@@H](O)[C@H](O)[C@H](O)[C@@H](O)C(=O)[O-].O=C([O-])[C@@H](O)[C@H](O)[C@H](O)[C@@H](O)C(=O)[O-].[Ca+2].[Ca+2].[Ca+2].[OH-].[OH-]. The zero-order valence-electron chi connectivity index (χ0n) is 16.5. The van der Waals surface area contributed by atoms with Crippen LogP contribution in [0.3, 0.4) is 0 Å². The molecular formula is C12H18Ca3O18. The van der Waals surface area contributed by atoms with E-state index in [1.165, 1.54) is 0 Å². The van der Waals surface area contributed by atoms with Gasteiger partial charge >= 0.3 is 113 Å². The normalized spacial score (nSPS) is 16.5. The molecule has 0 heterocycles. The van der Waals surface area contributed by atoms with E-state index in [4.69, 9.17) is 40.9 Å². The summed E-state index contributed by atoms with van der Waals surface area (Å²) in [6.07, 6.45) is -19.5. The Labute approximate surface area is 273 Å². The van der Waals surface area contributed by atoms with Gasteiger partial charge in [0.05, 0.1) is 23.9 Å². The third-order valence-electron chi connectivity index (χ3n) is 2.96. The molecule has 10 N–H and O–H groups in total. The van der Waals surface area contributed by atoms with Crippen molar-refractivity contribution < 1.29 is 91.4 Å². The summed E-state index contributed by atoms with van der Waals surface area (Å²) in [5, 5.41) is 109. The molecule has 0 fully saturated rings. The predicted molar refractivity (Wildman–Crippen MR) is 89.2 cm³/mol. The Bertz CT molecular complexity index is 468. The maximum Gasteiger partial charge on any atom is 2.00 e. The Morgan fingerprint density at radius 2 is 0.485 bits per heavy atom. The molecule has 0 aliphatic heterocycles. The van der Waals surface area contributed by atoms with Crippen LogP contribution in [0.25, 0.3) is 0 Å². The van der Waals surface area contributed by atoms with Gasteiger partial charge in [0, 0.05) is 0 Å². The summed E-state index contributed by atoms with van der Waals surface area (Å²) in [5.41, 5.74) is 0. The first-order valence-electron chi connectivity index (χ1n) is 6.85. The third kappa shape index (κ3) is 19.1. The van der Waals surface area contributed by atoms with Crippen LogP contribution in [0.2, 0.25) is 0 Å². The van der Waals surface area contributed by atoms with Gasteiger partial charge in [0.2, 0.25) is 0 Å². The summed E-state index contributed by atoms with van der Waals surface area (Å²) in [7, 11) is 0. The van der Waals surface area contributed by atoms with Crippen LogP contribution in [-0.4, -0.2) is 238 Å². The molecule has 0 saturated carbocycles. The predicted octanol–water partition coefficient (Wildman–Crippen LogP) is -13.6. The molecule has 0 bridgehead atoms. The van der Waals surface area contributed by atoms with Crippen molar-refractivity contribution in [3.05, 3.63) is 0 Å². The van der Waals surface area contributed by atoms with Crippen LogP contribution in [-0.2, 0) is 19.2 Å². The van der Waals surface area contributed by atoms with Crippen LogP contribution >= 0.6 is 0 Å². The number of carboxylic acids is 4. The van der Waals surface area contributed by atoms with Crippen molar-refractivity contribution in [1.29, 1.82) is 0 Å². The standard InChI is InChI=1S/2C6H10O8.3Ca.2H2O/c2*7-1(3(9)5(11)12)2(8)4(10)6(13)14;;;;;/h2*1-4,7-10H,(H,11,12)(H,13,14);;;;2*1H2/q;;3*+2;;/p-6/t2*1-,2+,3+,4-;;;;;. The van der Waals surface area contributed by atoms with E-state index in [1.54, 1.807) is 0 Å². The van der Waals surface area contributed by atoms with Crippen molar-refractivity contribution >= 4 is 137 Å². The van der Waals surface area contributed by atoms with Gasteiger partial charge in [-0.3, -0.25) is 0 Å². The van der Waals surface area contributed by atoms with Crippen molar-refractivity contribution in [2.24, 2.45) is 0 Å². The summed E-state index contributed by atoms with van der Waals surface area (Å²) in [4.78, 5) is 39.8. The molecule has 180 valence electrons. The molecule has 0 unspecified atom stereocenters. The largest absolute Gasteiger partial charge is 2.00 e. The molecule has 21 heteroatoms. The fraction of sp³-hybridized carbons (Fsp3) is 0.667. The number of carboxylic acid groups (broad SMARTS) is 4. The summed E-state index contributed by atoms with van der Waals surface area (Å²) < 4.78 is 0. The Morgan fingerprint density at radius 1 is 0.394 bits per heavy atom. The fourth-order valence-corrected chi connectivity index (χ4v) is 1.30. The summed E-state index contributed by atoms with van der Waals surface area (Å²) in [6, 6.07) is 0. The van der Waals surface area contributed by atoms with Crippen LogP contribution in [0, 0.1) is 0 Å². The molecule has 33 heavy (non-hydrogen) atoms. The second-order valence-corrected chi connectivity index (χ2v) is 5.02. The van der Waals surface area contributed by atoms with Gasteiger partial charge in [-0.15, -0.1) is 0 Å². The number of aliphatic hydroxyl groups excluding tert-OH is 8. The molecule has 8 atom stereocenters. The molecule has 0 rings (SSSR count). The first-order chi connectivity index (χ1) is 12.6. The minimum absolute atomic E-state index is 0. The summed E-state index contributed by atoms with van der Waals surface area (Å²) in [5.74, 6) is -8.44. The average molecular weight is 570 g/mol. The van der Waals surface area contributed by atoms with E-state index >= 15 is 0 Å². The minimum atomic E-state index is -2.50. The van der Waals surface area contributed by atoms with Crippen molar-refractivity contribution in [2.45, 2.75) is 48.8 Å². The molecule has 0 spiro atoms. The average Bonchev–Trinajstić information content (AvgIpc) is 2.62. The molecule has 18 nitrogen and oxygen atoms in total. The van der Waals surface area contributed by atoms with E-state index in [9.17, 15) is 39.6 Å². The molecule has 0 radical (unpaired) electrons. The van der Waals surface area contributed by atoms with E-state index < -0.39 is 72.7 Å². The van der Waals surface area contributed by atoms with E-state index in [0.29, 0.717) is 0 Å².